The molecular formula is C27H21NO6. The summed E-state index contributed by atoms with van der Waals surface area (Å²) in [5.41, 5.74) is 2.17. The van der Waals surface area contributed by atoms with Gasteiger partial charge in [0.1, 0.15) is 11.3 Å². The van der Waals surface area contributed by atoms with E-state index >= 15 is 0 Å². The molecule has 2 aliphatic rings. The lowest BCUT2D eigenvalue weighted by molar-refractivity contribution is 0.0714. The van der Waals surface area contributed by atoms with E-state index in [0.717, 1.165) is 11.1 Å². The van der Waals surface area contributed by atoms with E-state index in [4.69, 9.17) is 18.6 Å². The van der Waals surface area contributed by atoms with Crippen LogP contribution >= 0.6 is 0 Å². The minimum absolute atomic E-state index is 0.0799. The van der Waals surface area contributed by atoms with Crippen molar-refractivity contribution in [1.29, 1.82) is 0 Å². The third-order valence-electron chi connectivity index (χ3n) is 6.15. The SMILES string of the molecule is CCOc1cccc([C@@H]2c3c(oc4ccccc4c3=O)C(=O)N2Cc2ccc3c(c2)OCO3)c1. The maximum Gasteiger partial charge on any atom is 0.291 e. The maximum atomic E-state index is 13.6. The Labute approximate surface area is 195 Å². The van der Waals surface area contributed by atoms with Crippen LogP contribution in [-0.2, 0) is 6.54 Å². The van der Waals surface area contributed by atoms with Gasteiger partial charge in [0.05, 0.1) is 23.6 Å². The minimum atomic E-state index is -0.616. The van der Waals surface area contributed by atoms with Gasteiger partial charge >= 0.3 is 0 Å². The molecule has 0 fully saturated rings. The molecule has 1 atom stereocenters. The van der Waals surface area contributed by atoms with Gasteiger partial charge in [0.2, 0.25) is 12.6 Å². The van der Waals surface area contributed by atoms with Crippen molar-refractivity contribution >= 4 is 16.9 Å². The van der Waals surface area contributed by atoms with Crippen molar-refractivity contribution in [2.24, 2.45) is 0 Å². The fourth-order valence-electron chi connectivity index (χ4n) is 4.65. The molecule has 0 radical (unpaired) electrons. The molecule has 7 heteroatoms. The zero-order valence-electron chi connectivity index (χ0n) is 18.4. The van der Waals surface area contributed by atoms with Crippen molar-refractivity contribution in [3.8, 4) is 17.2 Å². The van der Waals surface area contributed by atoms with Crippen molar-refractivity contribution in [3.05, 3.63) is 99.4 Å². The second-order valence-electron chi connectivity index (χ2n) is 8.20. The standard InChI is InChI=1S/C27H21NO6/c1-2-31-18-7-5-6-17(13-18)24-23-25(29)19-8-3-4-9-20(19)34-26(23)27(30)28(24)14-16-10-11-21-22(12-16)33-15-32-21/h3-13,24H,2,14-15H2,1H3/t24-/m1/s1. The number of rotatable bonds is 5. The molecule has 0 bridgehead atoms. The lowest BCUT2D eigenvalue weighted by atomic mass is 9.98. The van der Waals surface area contributed by atoms with Crippen molar-refractivity contribution in [1.82, 2.24) is 4.90 Å². The number of fused-ring (bicyclic) bond motifs is 3. The molecular weight excluding hydrogens is 434 g/mol. The molecule has 0 saturated carbocycles. The highest BCUT2D eigenvalue weighted by atomic mass is 16.7. The van der Waals surface area contributed by atoms with Gasteiger partial charge in [-0.25, -0.2) is 0 Å². The fourth-order valence-corrected chi connectivity index (χ4v) is 4.65. The number of hydrogen-bond acceptors (Lipinski definition) is 6. The van der Waals surface area contributed by atoms with Crippen LogP contribution in [0.25, 0.3) is 11.0 Å². The average Bonchev–Trinajstić information content (AvgIpc) is 3.43. The molecule has 3 heterocycles. The Hall–Kier alpha value is -4.26. The number of benzene rings is 3. The van der Waals surface area contributed by atoms with Crippen LogP contribution in [-0.4, -0.2) is 24.2 Å². The molecule has 3 aromatic carbocycles. The topological polar surface area (TPSA) is 78.2 Å². The Morgan fingerprint density at radius 1 is 0.971 bits per heavy atom. The molecule has 0 unspecified atom stereocenters. The molecule has 1 amide bonds. The van der Waals surface area contributed by atoms with Crippen molar-refractivity contribution in [2.45, 2.75) is 19.5 Å². The Balaban J connectivity index is 1.51. The first-order chi connectivity index (χ1) is 16.6. The number of para-hydroxylation sites is 1. The van der Waals surface area contributed by atoms with Gasteiger partial charge in [-0.1, -0.05) is 30.3 Å². The molecule has 170 valence electrons. The Morgan fingerprint density at radius 3 is 2.71 bits per heavy atom. The second-order valence-corrected chi connectivity index (χ2v) is 8.20. The van der Waals surface area contributed by atoms with Crippen molar-refractivity contribution < 1.29 is 23.4 Å². The highest BCUT2D eigenvalue weighted by Gasteiger charge is 2.43. The average molecular weight is 455 g/mol. The Kier molecular flexibility index (Phi) is 4.76. The normalized spacial score (nSPS) is 16.2. The van der Waals surface area contributed by atoms with E-state index in [1.807, 2.05) is 49.4 Å². The molecule has 6 rings (SSSR count). The zero-order valence-corrected chi connectivity index (χ0v) is 18.4. The highest BCUT2D eigenvalue weighted by molar-refractivity contribution is 5.99. The summed E-state index contributed by atoms with van der Waals surface area (Å²) < 4.78 is 22.6. The number of carbonyl (C=O) groups excluding carboxylic acids is 1. The summed E-state index contributed by atoms with van der Waals surface area (Å²) >= 11 is 0. The quantitative estimate of drug-likeness (QED) is 0.435. The zero-order chi connectivity index (χ0) is 23.2. The van der Waals surface area contributed by atoms with Gasteiger partial charge < -0.3 is 23.5 Å². The van der Waals surface area contributed by atoms with E-state index in [1.165, 1.54) is 0 Å². The fraction of sp³-hybridized carbons (Fsp3) is 0.185. The van der Waals surface area contributed by atoms with E-state index in [2.05, 4.69) is 0 Å². The lowest BCUT2D eigenvalue weighted by Crippen LogP contribution is -2.29. The minimum Gasteiger partial charge on any atom is -0.494 e. The molecule has 0 aliphatic carbocycles. The van der Waals surface area contributed by atoms with Gasteiger partial charge in [-0.05, 0) is 54.4 Å². The summed E-state index contributed by atoms with van der Waals surface area (Å²) in [5.74, 6) is 1.73. The van der Waals surface area contributed by atoms with Crippen LogP contribution < -0.4 is 19.6 Å². The number of carbonyl (C=O) groups is 1. The molecule has 4 aromatic rings. The molecule has 2 aliphatic heterocycles. The van der Waals surface area contributed by atoms with Gasteiger partial charge in [0.15, 0.2) is 16.9 Å². The van der Waals surface area contributed by atoms with Crippen LogP contribution in [0.1, 0.15) is 40.2 Å². The third-order valence-corrected chi connectivity index (χ3v) is 6.15. The van der Waals surface area contributed by atoms with Gasteiger partial charge in [-0.2, -0.15) is 0 Å². The van der Waals surface area contributed by atoms with E-state index in [0.29, 0.717) is 40.4 Å². The Morgan fingerprint density at radius 2 is 1.82 bits per heavy atom. The Bertz CT molecular complexity index is 1490. The monoisotopic (exact) mass is 455 g/mol. The third kappa shape index (κ3) is 3.20. The van der Waals surface area contributed by atoms with E-state index < -0.39 is 6.04 Å². The number of ether oxygens (including phenoxy) is 3. The molecule has 0 N–H and O–H groups in total. The van der Waals surface area contributed by atoms with Crippen LogP contribution in [0.5, 0.6) is 17.2 Å². The molecule has 0 saturated heterocycles. The first-order valence-electron chi connectivity index (χ1n) is 11.1. The summed E-state index contributed by atoms with van der Waals surface area (Å²) in [6, 6.07) is 19.5. The summed E-state index contributed by atoms with van der Waals surface area (Å²) in [6.45, 7) is 2.86. The predicted molar refractivity (Wildman–Crippen MR) is 124 cm³/mol. The molecule has 7 nitrogen and oxygen atoms in total. The summed E-state index contributed by atoms with van der Waals surface area (Å²) in [4.78, 5) is 28.9. The van der Waals surface area contributed by atoms with Gasteiger partial charge in [-0.15, -0.1) is 0 Å². The predicted octanol–water partition coefficient (Wildman–Crippen LogP) is 4.67. The first kappa shape index (κ1) is 20.4. The molecule has 1 aromatic heterocycles. The van der Waals surface area contributed by atoms with Gasteiger partial charge in [0.25, 0.3) is 5.91 Å². The lowest BCUT2D eigenvalue weighted by Gasteiger charge is -2.25. The number of amides is 1. The van der Waals surface area contributed by atoms with Crippen molar-refractivity contribution in [3.63, 3.8) is 0 Å². The largest absolute Gasteiger partial charge is 0.494 e. The van der Waals surface area contributed by atoms with Crippen LogP contribution in [0.4, 0.5) is 0 Å². The smallest absolute Gasteiger partial charge is 0.291 e. The van der Waals surface area contributed by atoms with E-state index in [-0.39, 0.29) is 30.4 Å². The van der Waals surface area contributed by atoms with Crippen LogP contribution in [0.3, 0.4) is 0 Å². The summed E-state index contributed by atoms with van der Waals surface area (Å²) in [6.07, 6.45) is 0. The highest BCUT2D eigenvalue weighted by Crippen LogP contribution is 2.41. The van der Waals surface area contributed by atoms with Crippen LogP contribution in [0.2, 0.25) is 0 Å². The number of nitrogens with zero attached hydrogens (tertiary/aromatic N) is 1. The summed E-state index contributed by atoms with van der Waals surface area (Å²) in [7, 11) is 0. The van der Waals surface area contributed by atoms with Crippen LogP contribution in [0.15, 0.2) is 75.9 Å². The molecule has 0 spiro atoms. The first-order valence-corrected chi connectivity index (χ1v) is 11.1. The molecule has 34 heavy (non-hydrogen) atoms. The van der Waals surface area contributed by atoms with Gasteiger partial charge in [0, 0.05) is 6.54 Å². The number of hydrogen-bond donors (Lipinski definition) is 0. The maximum absolute atomic E-state index is 13.6. The van der Waals surface area contributed by atoms with E-state index in [9.17, 15) is 9.59 Å². The summed E-state index contributed by atoms with van der Waals surface area (Å²) in [5, 5.41) is 0.449. The van der Waals surface area contributed by atoms with Crippen molar-refractivity contribution in [2.75, 3.05) is 13.4 Å². The second kappa shape index (κ2) is 7.95. The van der Waals surface area contributed by atoms with Crippen LogP contribution in [0, 0.1) is 0 Å². The van der Waals surface area contributed by atoms with Gasteiger partial charge in [-0.3, -0.25) is 9.59 Å². The van der Waals surface area contributed by atoms with E-state index in [1.54, 1.807) is 29.2 Å².